The Balaban J connectivity index is 3.21. The third-order valence-electron chi connectivity index (χ3n) is 0.714. The van der Waals surface area contributed by atoms with Gasteiger partial charge >= 0.3 is 5.22 Å². The molecule has 0 aliphatic rings. The zero-order valence-electron chi connectivity index (χ0n) is 4.68. The molecule has 0 unspecified atom stereocenters. The van der Waals surface area contributed by atoms with Crippen LogP contribution in [0.5, 0.6) is 5.88 Å². The largest absolute Gasteiger partial charge is 0.491 e. The minimum absolute atomic E-state index is 0.510. The molecule has 0 fully saturated rings. The van der Waals surface area contributed by atoms with Gasteiger partial charge in [-0.05, 0) is 0 Å². The Morgan fingerprint density at radius 2 is 2.30 bits per heavy atom. The summed E-state index contributed by atoms with van der Waals surface area (Å²) in [6.45, 7) is 0. The smallest absolute Gasteiger partial charge is 0.333 e. The quantitative estimate of drug-likeness (QED) is 0.555. The van der Waals surface area contributed by atoms with Gasteiger partial charge in [-0.3, -0.25) is 0 Å². The number of nitrogens with two attached hydrogens (primary N) is 1. The van der Waals surface area contributed by atoms with E-state index in [2.05, 4.69) is 14.5 Å². The SMILES string of the molecule is NS(=O)(=O)c1nc(O)co1. The van der Waals surface area contributed by atoms with Gasteiger partial charge in [0.1, 0.15) is 0 Å². The average molecular weight is 164 g/mol. The van der Waals surface area contributed by atoms with Crippen LogP contribution in [0.25, 0.3) is 0 Å². The summed E-state index contributed by atoms with van der Waals surface area (Å²) < 4.78 is 25.0. The molecule has 1 rings (SSSR count). The Morgan fingerprint density at radius 1 is 1.70 bits per heavy atom. The van der Waals surface area contributed by atoms with Crippen LogP contribution >= 0.6 is 0 Å². The van der Waals surface area contributed by atoms with Crippen molar-refractivity contribution in [2.45, 2.75) is 5.22 Å². The van der Waals surface area contributed by atoms with Crippen LogP contribution in [-0.2, 0) is 10.0 Å². The second kappa shape index (κ2) is 1.96. The summed E-state index contributed by atoms with van der Waals surface area (Å²) in [6.07, 6.45) is 0.778. The lowest BCUT2D eigenvalue weighted by Crippen LogP contribution is -2.12. The predicted molar refractivity (Wildman–Crippen MR) is 29.5 cm³/mol. The molecule has 1 heterocycles. The van der Waals surface area contributed by atoms with E-state index >= 15 is 0 Å². The fourth-order valence-corrected chi connectivity index (χ4v) is 0.783. The van der Waals surface area contributed by atoms with E-state index < -0.39 is 21.1 Å². The van der Waals surface area contributed by atoms with Gasteiger partial charge in [0, 0.05) is 0 Å². The Labute approximate surface area is 56.3 Å². The van der Waals surface area contributed by atoms with Crippen LogP contribution < -0.4 is 5.14 Å². The standard InChI is InChI=1S/C3H4N2O4S/c4-10(7,8)3-5-2(6)1-9-3/h1,6H,(H2,4,7,8). The van der Waals surface area contributed by atoms with E-state index in [1.807, 2.05) is 0 Å². The molecule has 6 nitrogen and oxygen atoms in total. The number of rotatable bonds is 1. The maximum atomic E-state index is 10.4. The summed E-state index contributed by atoms with van der Waals surface area (Å²) in [4.78, 5) is 3.06. The molecule has 7 heteroatoms. The van der Waals surface area contributed by atoms with Crippen molar-refractivity contribution in [2.75, 3.05) is 0 Å². The van der Waals surface area contributed by atoms with Crippen LogP contribution in [-0.4, -0.2) is 18.5 Å². The van der Waals surface area contributed by atoms with Crippen LogP contribution in [0.1, 0.15) is 0 Å². The Bertz CT molecular complexity index is 326. The number of aromatic hydroxyl groups is 1. The van der Waals surface area contributed by atoms with Crippen LogP contribution in [0.3, 0.4) is 0 Å². The highest BCUT2D eigenvalue weighted by Gasteiger charge is 2.14. The highest BCUT2D eigenvalue weighted by atomic mass is 32.2. The fraction of sp³-hybridized carbons (Fsp3) is 0. The van der Waals surface area contributed by atoms with Crippen LogP contribution in [0, 0.1) is 0 Å². The molecule has 0 saturated carbocycles. The molecular formula is C3H4N2O4S. The molecule has 0 amide bonds. The summed E-state index contributed by atoms with van der Waals surface area (Å²) >= 11 is 0. The molecule has 0 saturated heterocycles. The number of sulfonamides is 1. The highest BCUT2D eigenvalue weighted by molar-refractivity contribution is 7.88. The van der Waals surface area contributed by atoms with Gasteiger partial charge in [0.2, 0.25) is 0 Å². The first-order valence-corrected chi connectivity index (χ1v) is 3.72. The zero-order valence-corrected chi connectivity index (χ0v) is 5.50. The molecule has 0 aliphatic heterocycles. The van der Waals surface area contributed by atoms with Gasteiger partial charge in [-0.1, -0.05) is 0 Å². The maximum absolute atomic E-state index is 10.4. The molecule has 0 atom stereocenters. The third kappa shape index (κ3) is 1.25. The number of oxazole rings is 1. The second-order valence-corrected chi connectivity index (χ2v) is 2.96. The Morgan fingerprint density at radius 3 is 2.50 bits per heavy atom. The van der Waals surface area contributed by atoms with Crippen LogP contribution in [0.2, 0.25) is 0 Å². The van der Waals surface area contributed by atoms with Crippen molar-refractivity contribution in [3.05, 3.63) is 6.26 Å². The van der Waals surface area contributed by atoms with E-state index in [4.69, 9.17) is 5.11 Å². The predicted octanol–water partition coefficient (Wildman–Crippen LogP) is -0.972. The summed E-state index contributed by atoms with van der Waals surface area (Å²) in [5, 5.41) is 12.4. The van der Waals surface area contributed by atoms with E-state index in [0.29, 0.717) is 0 Å². The van der Waals surface area contributed by atoms with Crippen molar-refractivity contribution >= 4 is 10.0 Å². The summed E-state index contributed by atoms with van der Waals surface area (Å²) in [5.74, 6) is -0.510. The van der Waals surface area contributed by atoms with Crippen molar-refractivity contribution in [3.8, 4) is 5.88 Å². The number of aromatic nitrogens is 1. The normalized spacial score (nSPS) is 11.7. The monoisotopic (exact) mass is 164 g/mol. The Kier molecular flexibility index (Phi) is 1.38. The lowest BCUT2D eigenvalue weighted by molar-refractivity contribution is 0.427. The first-order valence-electron chi connectivity index (χ1n) is 2.17. The first-order chi connectivity index (χ1) is 4.50. The van der Waals surface area contributed by atoms with E-state index in [1.165, 1.54) is 0 Å². The van der Waals surface area contributed by atoms with Gasteiger partial charge < -0.3 is 9.52 Å². The summed E-state index contributed by atoms with van der Waals surface area (Å²) in [7, 11) is -3.92. The second-order valence-electron chi connectivity index (χ2n) is 1.52. The molecule has 3 N–H and O–H groups in total. The minimum Gasteiger partial charge on any atom is -0.491 e. The van der Waals surface area contributed by atoms with Gasteiger partial charge in [0.25, 0.3) is 15.9 Å². The molecule has 0 radical (unpaired) electrons. The van der Waals surface area contributed by atoms with Crippen LogP contribution in [0.4, 0.5) is 0 Å². The average Bonchev–Trinajstić information content (AvgIpc) is 2.11. The minimum atomic E-state index is -3.92. The number of nitrogens with zero attached hydrogens (tertiary/aromatic N) is 1. The summed E-state index contributed by atoms with van der Waals surface area (Å²) in [5.41, 5.74) is 0. The van der Waals surface area contributed by atoms with Gasteiger partial charge in [-0.2, -0.15) is 4.98 Å². The first kappa shape index (κ1) is 7.03. The molecule has 0 bridgehead atoms. The summed E-state index contributed by atoms with van der Waals surface area (Å²) in [6, 6.07) is 0. The molecule has 56 valence electrons. The van der Waals surface area contributed by atoms with E-state index in [-0.39, 0.29) is 0 Å². The molecule has 1 aromatic heterocycles. The van der Waals surface area contributed by atoms with E-state index in [9.17, 15) is 8.42 Å². The van der Waals surface area contributed by atoms with Gasteiger partial charge in [-0.15, -0.1) is 0 Å². The van der Waals surface area contributed by atoms with E-state index in [0.717, 1.165) is 6.26 Å². The van der Waals surface area contributed by atoms with Gasteiger partial charge in [-0.25, -0.2) is 13.6 Å². The molecule has 1 aromatic rings. The van der Waals surface area contributed by atoms with Gasteiger partial charge in [0.15, 0.2) is 6.26 Å². The van der Waals surface area contributed by atoms with Gasteiger partial charge in [0.05, 0.1) is 0 Å². The topological polar surface area (TPSA) is 106 Å². The van der Waals surface area contributed by atoms with Crippen molar-refractivity contribution in [2.24, 2.45) is 5.14 Å². The molecule has 10 heavy (non-hydrogen) atoms. The van der Waals surface area contributed by atoms with E-state index in [1.54, 1.807) is 0 Å². The number of hydrogen-bond donors (Lipinski definition) is 2. The Hall–Kier alpha value is -1.08. The lowest BCUT2D eigenvalue weighted by atomic mass is 10.9. The number of hydrogen-bond acceptors (Lipinski definition) is 5. The molecular weight excluding hydrogens is 160 g/mol. The molecule has 0 spiro atoms. The van der Waals surface area contributed by atoms with Crippen molar-refractivity contribution in [3.63, 3.8) is 0 Å². The van der Waals surface area contributed by atoms with Crippen molar-refractivity contribution in [1.82, 2.24) is 4.98 Å². The van der Waals surface area contributed by atoms with Crippen molar-refractivity contribution < 1.29 is 17.9 Å². The molecule has 0 aromatic carbocycles. The van der Waals surface area contributed by atoms with Crippen LogP contribution in [0.15, 0.2) is 15.9 Å². The maximum Gasteiger partial charge on any atom is 0.333 e. The highest BCUT2D eigenvalue weighted by Crippen LogP contribution is 2.10. The lowest BCUT2D eigenvalue weighted by Gasteiger charge is -1.84. The zero-order chi connectivity index (χ0) is 7.78. The molecule has 0 aliphatic carbocycles. The van der Waals surface area contributed by atoms with Crippen molar-refractivity contribution in [1.29, 1.82) is 0 Å². The fourth-order valence-electron chi connectivity index (χ4n) is 0.380. The number of primary sulfonamides is 1. The third-order valence-corrected chi connectivity index (χ3v) is 1.39.